The van der Waals surface area contributed by atoms with Crippen molar-refractivity contribution in [3.05, 3.63) is 70.6 Å². The molecule has 1 heterocycles. The van der Waals surface area contributed by atoms with Gasteiger partial charge < -0.3 is 13.9 Å². The molecule has 154 valence electrons. The number of benzene rings is 2. The summed E-state index contributed by atoms with van der Waals surface area (Å²) < 4.78 is 32.0. The molecule has 0 saturated carbocycles. The largest absolute Gasteiger partial charge is 0.494 e. The summed E-state index contributed by atoms with van der Waals surface area (Å²) in [4.78, 5) is 2.29. The Morgan fingerprint density at radius 2 is 1.93 bits per heavy atom. The monoisotopic (exact) mass is 417 g/mol. The second-order valence-electron chi connectivity index (χ2n) is 6.63. The molecule has 2 aromatic carbocycles. The fourth-order valence-corrected chi connectivity index (χ4v) is 2.99. The molecule has 0 unspecified atom stereocenters. The summed E-state index contributed by atoms with van der Waals surface area (Å²) in [5, 5.41) is 4.39. The Morgan fingerprint density at radius 1 is 1.21 bits per heavy atom. The van der Waals surface area contributed by atoms with Crippen molar-refractivity contribution in [2.75, 3.05) is 13.7 Å². The molecule has 0 aliphatic heterocycles. The SMILES string of the molecule is CCOc1ccc(CN(C)Cn2nc([C@H](C)Oc3ccccc3F)oc2=S)cc1. The van der Waals surface area contributed by atoms with E-state index in [2.05, 4.69) is 10.00 Å². The Bertz CT molecular complexity index is 987. The number of rotatable bonds is 9. The van der Waals surface area contributed by atoms with E-state index in [4.69, 9.17) is 26.1 Å². The van der Waals surface area contributed by atoms with E-state index in [1.165, 1.54) is 6.07 Å². The summed E-state index contributed by atoms with van der Waals surface area (Å²) in [6.45, 7) is 5.49. The highest BCUT2D eigenvalue weighted by Crippen LogP contribution is 2.23. The molecule has 0 fully saturated rings. The quantitative estimate of drug-likeness (QED) is 0.458. The molecule has 1 atom stereocenters. The molecule has 0 amide bonds. The van der Waals surface area contributed by atoms with E-state index < -0.39 is 11.9 Å². The summed E-state index contributed by atoms with van der Waals surface area (Å²) in [7, 11) is 1.96. The zero-order valence-corrected chi connectivity index (χ0v) is 17.5. The molecule has 29 heavy (non-hydrogen) atoms. The van der Waals surface area contributed by atoms with Crippen molar-refractivity contribution in [1.82, 2.24) is 14.7 Å². The molecule has 0 radical (unpaired) electrons. The third-order valence-corrected chi connectivity index (χ3v) is 4.47. The molecule has 0 spiro atoms. The number of aromatic nitrogens is 2. The number of hydrogen-bond donors (Lipinski definition) is 0. The molecule has 3 rings (SSSR count). The first-order valence-electron chi connectivity index (χ1n) is 9.35. The third-order valence-electron chi connectivity index (χ3n) is 4.17. The summed E-state index contributed by atoms with van der Waals surface area (Å²) >= 11 is 5.27. The predicted molar refractivity (Wildman–Crippen MR) is 110 cm³/mol. The van der Waals surface area contributed by atoms with Gasteiger partial charge in [0.05, 0.1) is 13.3 Å². The second kappa shape index (κ2) is 9.67. The summed E-state index contributed by atoms with van der Waals surface area (Å²) in [6.07, 6.45) is -0.578. The van der Waals surface area contributed by atoms with Gasteiger partial charge in [0.2, 0.25) is 0 Å². The number of halogens is 1. The lowest BCUT2D eigenvalue weighted by Crippen LogP contribution is -2.22. The second-order valence-corrected chi connectivity index (χ2v) is 6.98. The molecule has 0 saturated heterocycles. The van der Waals surface area contributed by atoms with Crippen molar-refractivity contribution >= 4 is 12.2 Å². The fourth-order valence-electron chi connectivity index (χ4n) is 2.81. The van der Waals surface area contributed by atoms with E-state index >= 15 is 0 Å². The van der Waals surface area contributed by atoms with E-state index in [9.17, 15) is 4.39 Å². The van der Waals surface area contributed by atoms with Crippen LogP contribution in [0.1, 0.15) is 31.4 Å². The van der Waals surface area contributed by atoms with Crippen molar-refractivity contribution in [1.29, 1.82) is 0 Å². The van der Waals surface area contributed by atoms with Crippen LogP contribution in [-0.2, 0) is 13.2 Å². The smallest absolute Gasteiger partial charge is 0.288 e. The lowest BCUT2D eigenvalue weighted by molar-refractivity contribution is 0.179. The van der Waals surface area contributed by atoms with Crippen LogP contribution in [0, 0.1) is 10.7 Å². The number of ether oxygens (including phenoxy) is 2. The highest BCUT2D eigenvalue weighted by Gasteiger charge is 2.18. The van der Waals surface area contributed by atoms with Crippen molar-refractivity contribution in [3.8, 4) is 11.5 Å². The van der Waals surface area contributed by atoms with Gasteiger partial charge >= 0.3 is 0 Å². The minimum atomic E-state index is -0.578. The molecule has 0 aliphatic rings. The highest BCUT2D eigenvalue weighted by atomic mass is 32.1. The van der Waals surface area contributed by atoms with Crippen molar-refractivity contribution in [2.45, 2.75) is 33.2 Å². The molecule has 8 heteroatoms. The topological polar surface area (TPSA) is 52.7 Å². The van der Waals surface area contributed by atoms with E-state index in [-0.39, 0.29) is 10.6 Å². The van der Waals surface area contributed by atoms with Gasteiger partial charge in [-0.1, -0.05) is 24.3 Å². The first kappa shape index (κ1) is 21.0. The molecular weight excluding hydrogens is 393 g/mol. The van der Waals surface area contributed by atoms with E-state index in [1.807, 2.05) is 38.2 Å². The van der Waals surface area contributed by atoms with E-state index in [1.54, 1.807) is 29.8 Å². The Labute approximate surface area is 174 Å². The zero-order chi connectivity index (χ0) is 20.8. The predicted octanol–water partition coefficient (Wildman–Crippen LogP) is 4.97. The van der Waals surface area contributed by atoms with Gasteiger partial charge in [-0.05, 0) is 62.9 Å². The van der Waals surface area contributed by atoms with Gasteiger partial charge in [0, 0.05) is 6.54 Å². The standard InChI is InChI=1S/C21H24FN3O3S/c1-4-26-17-11-9-16(10-12-17)13-24(3)14-25-21(29)28-20(23-25)15(2)27-19-8-6-5-7-18(19)22/h5-12,15H,4,13-14H2,1-3H3/t15-/m0/s1. The minimum Gasteiger partial charge on any atom is -0.494 e. The molecule has 6 nitrogen and oxygen atoms in total. The Morgan fingerprint density at radius 3 is 2.62 bits per heavy atom. The van der Waals surface area contributed by atoms with E-state index in [0.29, 0.717) is 25.7 Å². The van der Waals surface area contributed by atoms with Crippen molar-refractivity contribution in [2.24, 2.45) is 0 Å². The minimum absolute atomic E-state index is 0.142. The van der Waals surface area contributed by atoms with Gasteiger partial charge in [0.1, 0.15) is 5.75 Å². The van der Waals surface area contributed by atoms with Crippen LogP contribution in [0.25, 0.3) is 0 Å². The molecule has 0 bridgehead atoms. The van der Waals surface area contributed by atoms with Crippen molar-refractivity contribution in [3.63, 3.8) is 0 Å². The summed E-state index contributed by atoms with van der Waals surface area (Å²) in [5.74, 6) is 0.856. The maximum absolute atomic E-state index is 13.8. The maximum atomic E-state index is 13.8. The first-order valence-corrected chi connectivity index (χ1v) is 9.76. The lowest BCUT2D eigenvalue weighted by atomic mass is 10.2. The number of para-hydroxylation sites is 1. The Hall–Kier alpha value is -2.71. The number of hydrogen-bond acceptors (Lipinski definition) is 6. The first-order chi connectivity index (χ1) is 14.0. The fraction of sp³-hybridized carbons (Fsp3) is 0.333. The van der Waals surface area contributed by atoms with Crippen LogP contribution in [0.3, 0.4) is 0 Å². The van der Waals surface area contributed by atoms with Crippen molar-refractivity contribution < 1.29 is 18.3 Å². The lowest BCUT2D eigenvalue weighted by Gasteiger charge is -2.16. The molecule has 3 aromatic rings. The van der Waals surface area contributed by atoms with Gasteiger partial charge in [-0.3, -0.25) is 4.90 Å². The zero-order valence-electron chi connectivity index (χ0n) is 16.7. The highest BCUT2D eigenvalue weighted by molar-refractivity contribution is 7.71. The summed E-state index contributed by atoms with van der Waals surface area (Å²) in [5.41, 5.74) is 1.14. The maximum Gasteiger partial charge on any atom is 0.288 e. The molecule has 1 aromatic heterocycles. The normalized spacial score (nSPS) is 12.2. The average Bonchev–Trinajstić information content (AvgIpc) is 3.06. The Balaban J connectivity index is 1.62. The van der Waals surface area contributed by atoms with Gasteiger partial charge in [-0.25, -0.2) is 9.07 Å². The third kappa shape index (κ3) is 5.65. The molecular formula is C21H24FN3O3S. The number of nitrogens with zero attached hydrogens (tertiary/aromatic N) is 3. The van der Waals surface area contributed by atoms with Gasteiger partial charge in [-0.15, -0.1) is 5.10 Å². The van der Waals surface area contributed by atoms with Crippen LogP contribution in [0.5, 0.6) is 11.5 Å². The molecule has 0 aliphatic carbocycles. The van der Waals surface area contributed by atoms with Crippen LogP contribution < -0.4 is 9.47 Å². The van der Waals surface area contributed by atoms with Gasteiger partial charge in [0.25, 0.3) is 10.7 Å². The van der Waals surface area contributed by atoms with Crippen LogP contribution >= 0.6 is 12.2 Å². The summed E-state index contributed by atoms with van der Waals surface area (Å²) in [6, 6.07) is 14.2. The van der Waals surface area contributed by atoms with Crippen LogP contribution in [-0.4, -0.2) is 28.3 Å². The van der Waals surface area contributed by atoms with Gasteiger partial charge in [-0.2, -0.15) is 0 Å². The van der Waals surface area contributed by atoms with E-state index in [0.717, 1.165) is 11.3 Å². The molecule has 0 N–H and O–H groups in total. The van der Waals surface area contributed by atoms with Crippen LogP contribution in [0.4, 0.5) is 4.39 Å². The van der Waals surface area contributed by atoms with Crippen LogP contribution in [0.15, 0.2) is 52.9 Å². The van der Waals surface area contributed by atoms with Crippen LogP contribution in [0.2, 0.25) is 0 Å². The Kier molecular flexibility index (Phi) is 7.00. The van der Waals surface area contributed by atoms with Gasteiger partial charge in [0.15, 0.2) is 17.7 Å². The average molecular weight is 418 g/mol.